The lowest BCUT2D eigenvalue weighted by atomic mass is 9.99. The van der Waals surface area contributed by atoms with E-state index in [4.69, 9.17) is 16.0 Å². The van der Waals surface area contributed by atoms with E-state index in [2.05, 4.69) is 4.90 Å². The predicted octanol–water partition coefficient (Wildman–Crippen LogP) is 3.86. The molecule has 1 aliphatic heterocycles. The number of aromatic nitrogens is 1. The molecule has 1 aliphatic rings. The normalized spacial score (nSPS) is 14.5. The van der Waals surface area contributed by atoms with Crippen LogP contribution in [0.3, 0.4) is 0 Å². The van der Waals surface area contributed by atoms with Gasteiger partial charge in [0.25, 0.3) is 5.56 Å². The SMILES string of the molecule is Cn1c2c(cc(-c3ccccc3Cl)c1=O)CN(Cc1ccoc1)CC2. The lowest BCUT2D eigenvalue weighted by Gasteiger charge is -2.30. The topological polar surface area (TPSA) is 38.4 Å². The van der Waals surface area contributed by atoms with Gasteiger partial charge in [-0.1, -0.05) is 29.8 Å². The summed E-state index contributed by atoms with van der Waals surface area (Å²) in [6, 6.07) is 11.5. The van der Waals surface area contributed by atoms with Crippen molar-refractivity contribution in [3.8, 4) is 11.1 Å². The van der Waals surface area contributed by atoms with Crippen LogP contribution in [0.1, 0.15) is 16.8 Å². The Bertz CT molecular complexity index is 960. The Hall–Kier alpha value is -2.30. The molecular formula is C20H19ClN2O2. The number of fused-ring (bicyclic) bond motifs is 1. The minimum atomic E-state index is 0.00938. The summed E-state index contributed by atoms with van der Waals surface area (Å²) >= 11 is 6.32. The van der Waals surface area contributed by atoms with Crippen molar-refractivity contribution < 1.29 is 4.42 Å². The fourth-order valence-electron chi connectivity index (χ4n) is 3.54. The van der Waals surface area contributed by atoms with Crippen LogP contribution in [0.15, 0.2) is 58.1 Å². The molecule has 5 heteroatoms. The van der Waals surface area contributed by atoms with Gasteiger partial charge in [0.05, 0.1) is 12.5 Å². The zero-order valence-corrected chi connectivity index (χ0v) is 14.8. The molecule has 4 rings (SSSR count). The van der Waals surface area contributed by atoms with Crippen LogP contribution < -0.4 is 5.56 Å². The second kappa shape index (κ2) is 6.54. The summed E-state index contributed by atoms with van der Waals surface area (Å²) in [6.45, 7) is 2.59. The van der Waals surface area contributed by atoms with Crippen molar-refractivity contribution in [2.24, 2.45) is 7.05 Å². The van der Waals surface area contributed by atoms with Gasteiger partial charge in [0.15, 0.2) is 0 Å². The van der Waals surface area contributed by atoms with E-state index in [1.807, 2.05) is 43.4 Å². The number of hydrogen-bond donors (Lipinski definition) is 0. The van der Waals surface area contributed by atoms with Crippen molar-refractivity contribution in [1.29, 1.82) is 0 Å². The first kappa shape index (κ1) is 16.2. The van der Waals surface area contributed by atoms with E-state index in [0.29, 0.717) is 10.6 Å². The molecule has 0 amide bonds. The quantitative estimate of drug-likeness (QED) is 0.717. The van der Waals surface area contributed by atoms with Crippen molar-refractivity contribution in [2.75, 3.05) is 6.54 Å². The number of nitrogens with zero attached hydrogens (tertiary/aromatic N) is 2. The van der Waals surface area contributed by atoms with Crippen molar-refractivity contribution >= 4 is 11.6 Å². The molecule has 0 bridgehead atoms. The first-order valence-corrected chi connectivity index (χ1v) is 8.71. The second-order valence-electron chi connectivity index (χ2n) is 6.47. The molecular weight excluding hydrogens is 336 g/mol. The molecule has 0 saturated carbocycles. The van der Waals surface area contributed by atoms with E-state index >= 15 is 0 Å². The molecule has 0 unspecified atom stereocenters. The molecule has 4 nitrogen and oxygen atoms in total. The molecule has 25 heavy (non-hydrogen) atoms. The first-order valence-electron chi connectivity index (χ1n) is 8.33. The van der Waals surface area contributed by atoms with E-state index in [1.165, 1.54) is 11.1 Å². The van der Waals surface area contributed by atoms with E-state index in [-0.39, 0.29) is 5.56 Å². The Morgan fingerprint density at radius 3 is 2.80 bits per heavy atom. The van der Waals surface area contributed by atoms with Crippen LogP contribution in [0.5, 0.6) is 0 Å². The highest BCUT2D eigenvalue weighted by Crippen LogP contribution is 2.28. The highest BCUT2D eigenvalue weighted by atomic mass is 35.5. The van der Waals surface area contributed by atoms with Gasteiger partial charge in [0, 0.05) is 60.5 Å². The highest BCUT2D eigenvalue weighted by Gasteiger charge is 2.22. The zero-order chi connectivity index (χ0) is 17.4. The van der Waals surface area contributed by atoms with Gasteiger partial charge in [-0.15, -0.1) is 0 Å². The van der Waals surface area contributed by atoms with Gasteiger partial charge >= 0.3 is 0 Å². The Morgan fingerprint density at radius 1 is 1.20 bits per heavy atom. The molecule has 0 fully saturated rings. The average Bonchev–Trinajstić information content (AvgIpc) is 3.12. The number of benzene rings is 1. The zero-order valence-electron chi connectivity index (χ0n) is 14.0. The highest BCUT2D eigenvalue weighted by molar-refractivity contribution is 6.33. The van der Waals surface area contributed by atoms with E-state index in [0.717, 1.165) is 37.3 Å². The molecule has 2 aromatic heterocycles. The van der Waals surface area contributed by atoms with Crippen LogP contribution >= 0.6 is 11.6 Å². The summed E-state index contributed by atoms with van der Waals surface area (Å²) in [7, 11) is 1.85. The molecule has 3 aromatic rings. The van der Waals surface area contributed by atoms with Gasteiger partial charge in [-0.3, -0.25) is 9.69 Å². The maximum Gasteiger partial charge on any atom is 0.258 e. The monoisotopic (exact) mass is 354 g/mol. The van der Waals surface area contributed by atoms with Crippen molar-refractivity contribution in [3.05, 3.63) is 81.1 Å². The van der Waals surface area contributed by atoms with Crippen LogP contribution in [0.4, 0.5) is 0 Å². The van der Waals surface area contributed by atoms with E-state index < -0.39 is 0 Å². The molecule has 3 heterocycles. The molecule has 1 aromatic carbocycles. The van der Waals surface area contributed by atoms with Gasteiger partial charge in [-0.05, 0) is 23.8 Å². The number of halogens is 1. The van der Waals surface area contributed by atoms with Crippen molar-refractivity contribution in [1.82, 2.24) is 9.47 Å². The minimum Gasteiger partial charge on any atom is -0.472 e. The molecule has 0 aliphatic carbocycles. The Kier molecular flexibility index (Phi) is 4.24. The van der Waals surface area contributed by atoms with Gasteiger partial charge in [-0.25, -0.2) is 0 Å². The van der Waals surface area contributed by atoms with Crippen molar-refractivity contribution in [2.45, 2.75) is 19.5 Å². The predicted molar refractivity (Wildman–Crippen MR) is 98.7 cm³/mol. The summed E-state index contributed by atoms with van der Waals surface area (Å²) in [5.74, 6) is 0. The average molecular weight is 355 g/mol. The maximum absolute atomic E-state index is 12.8. The summed E-state index contributed by atoms with van der Waals surface area (Å²) < 4.78 is 6.94. The third-order valence-corrected chi connectivity index (χ3v) is 5.17. The first-order chi connectivity index (χ1) is 12.1. The van der Waals surface area contributed by atoms with Gasteiger partial charge in [0.1, 0.15) is 0 Å². The molecule has 0 atom stereocenters. The Morgan fingerprint density at radius 2 is 2.04 bits per heavy atom. The third-order valence-electron chi connectivity index (χ3n) is 4.84. The largest absolute Gasteiger partial charge is 0.472 e. The fraction of sp³-hybridized carbons (Fsp3) is 0.250. The Labute approximate surface area is 151 Å². The van der Waals surface area contributed by atoms with Crippen LogP contribution in [0.2, 0.25) is 5.02 Å². The minimum absolute atomic E-state index is 0.00938. The second-order valence-corrected chi connectivity index (χ2v) is 6.87. The van der Waals surface area contributed by atoms with Gasteiger partial charge < -0.3 is 8.98 Å². The summed E-state index contributed by atoms with van der Waals surface area (Å²) in [4.78, 5) is 15.2. The van der Waals surface area contributed by atoms with Crippen molar-refractivity contribution in [3.63, 3.8) is 0 Å². The van der Waals surface area contributed by atoms with Crippen LogP contribution in [0.25, 0.3) is 11.1 Å². The molecule has 0 radical (unpaired) electrons. The number of pyridine rings is 1. The molecule has 0 N–H and O–H groups in total. The standard InChI is InChI=1S/C20H19ClN2O2/c1-22-19-6-8-23(11-14-7-9-25-13-14)12-15(19)10-17(20(22)24)16-4-2-3-5-18(16)21/h2-5,7,9-10,13H,6,8,11-12H2,1H3. The maximum atomic E-state index is 12.8. The van der Waals surface area contributed by atoms with Crippen LogP contribution in [-0.4, -0.2) is 16.0 Å². The lowest BCUT2D eigenvalue weighted by Crippen LogP contribution is -2.35. The number of rotatable bonds is 3. The smallest absolute Gasteiger partial charge is 0.258 e. The van der Waals surface area contributed by atoms with Crippen LogP contribution in [0, 0.1) is 0 Å². The van der Waals surface area contributed by atoms with Crippen LogP contribution in [-0.2, 0) is 26.6 Å². The fourth-order valence-corrected chi connectivity index (χ4v) is 3.77. The van der Waals surface area contributed by atoms with Gasteiger partial charge in [0.2, 0.25) is 0 Å². The molecule has 128 valence electrons. The lowest BCUT2D eigenvalue weighted by molar-refractivity contribution is 0.240. The number of hydrogen-bond acceptors (Lipinski definition) is 3. The molecule has 0 spiro atoms. The third kappa shape index (κ3) is 3.03. The Balaban J connectivity index is 1.72. The van der Waals surface area contributed by atoms with E-state index in [1.54, 1.807) is 17.1 Å². The van der Waals surface area contributed by atoms with Gasteiger partial charge in [-0.2, -0.15) is 0 Å². The molecule has 0 saturated heterocycles. The summed E-state index contributed by atoms with van der Waals surface area (Å²) in [5, 5.41) is 0.602. The summed E-state index contributed by atoms with van der Waals surface area (Å²) in [6.07, 6.45) is 4.35. The number of furan rings is 1. The van der Waals surface area contributed by atoms with E-state index in [9.17, 15) is 4.79 Å². The summed E-state index contributed by atoms with van der Waals surface area (Å²) in [5.41, 5.74) is 4.93.